The van der Waals surface area contributed by atoms with Gasteiger partial charge in [-0.05, 0) is 0 Å². The van der Waals surface area contributed by atoms with Crippen LogP contribution in [-0.2, 0) is 0 Å². The first-order chi connectivity index (χ1) is 7.30. The van der Waals surface area contributed by atoms with Crippen molar-refractivity contribution in [1.29, 1.82) is 0 Å². The summed E-state index contributed by atoms with van der Waals surface area (Å²) in [5.74, 6) is 0. The predicted octanol–water partition coefficient (Wildman–Crippen LogP) is 0.967. The van der Waals surface area contributed by atoms with Gasteiger partial charge in [-0.25, -0.2) is 0 Å². The van der Waals surface area contributed by atoms with Crippen LogP contribution in [0.15, 0.2) is 25.5 Å². The van der Waals surface area contributed by atoms with E-state index >= 15 is 0 Å². The summed E-state index contributed by atoms with van der Waals surface area (Å²) in [5.41, 5.74) is 0. The second-order valence-electron chi connectivity index (χ2n) is 2.27. The topological polar surface area (TPSA) is 66.4 Å². The molecule has 80 valence electrons. The zero-order valence-corrected chi connectivity index (χ0v) is 8.34. The maximum atomic E-state index is 5.11. The van der Waals surface area contributed by atoms with Crippen LogP contribution in [0.2, 0.25) is 0 Å². The van der Waals surface area contributed by atoms with Crippen LogP contribution >= 0.6 is 0 Å². The highest BCUT2D eigenvalue weighted by Crippen LogP contribution is 2.14. The zero-order valence-electron chi connectivity index (χ0n) is 8.34. The summed E-state index contributed by atoms with van der Waals surface area (Å²) in [6, 6.07) is 0.287. The van der Waals surface area contributed by atoms with Crippen molar-refractivity contribution < 1.29 is 14.2 Å². The van der Waals surface area contributed by atoms with Crippen molar-refractivity contribution in [2.24, 2.45) is 0 Å². The van der Waals surface area contributed by atoms with Crippen molar-refractivity contribution in [3.05, 3.63) is 25.5 Å². The van der Waals surface area contributed by atoms with Gasteiger partial charge in [0.1, 0.15) is 6.61 Å². The lowest BCUT2D eigenvalue weighted by molar-refractivity contribution is 0.298. The highest BCUT2D eigenvalue weighted by atomic mass is 16.5. The maximum Gasteiger partial charge on any atom is 0.330 e. The summed E-state index contributed by atoms with van der Waals surface area (Å²) >= 11 is 0. The number of methoxy groups -OCH3 is 1. The van der Waals surface area contributed by atoms with E-state index in [9.17, 15) is 0 Å². The fourth-order valence-electron chi connectivity index (χ4n) is 0.737. The van der Waals surface area contributed by atoms with Crippen LogP contribution < -0.4 is 14.2 Å². The van der Waals surface area contributed by atoms with Gasteiger partial charge in [0.05, 0.1) is 13.4 Å². The summed E-state index contributed by atoms with van der Waals surface area (Å²) in [6.45, 7) is 7.18. The number of hydrogen-bond donors (Lipinski definition) is 0. The van der Waals surface area contributed by atoms with Crippen molar-refractivity contribution in [2.75, 3.05) is 13.7 Å². The van der Waals surface area contributed by atoms with E-state index < -0.39 is 0 Å². The lowest BCUT2D eigenvalue weighted by Crippen LogP contribution is -2.03. The Balaban J connectivity index is 2.88. The Kier molecular flexibility index (Phi) is 4.08. The molecule has 1 aromatic rings. The molecule has 0 aliphatic heterocycles. The normalized spacial score (nSPS) is 9.13. The van der Waals surface area contributed by atoms with Crippen molar-refractivity contribution in [3.63, 3.8) is 0 Å². The Labute approximate surface area is 87.2 Å². The van der Waals surface area contributed by atoms with Gasteiger partial charge in [-0.3, -0.25) is 0 Å². The van der Waals surface area contributed by atoms with Crippen molar-refractivity contribution in [1.82, 2.24) is 15.0 Å². The van der Waals surface area contributed by atoms with Crippen LogP contribution in [-0.4, -0.2) is 28.7 Å². The van der Waals surface area contributed by atoms with Gasteiger partial charge in [0, 0.05) is 0 Å². The summed E-state index contributed by atoms with van der Waals surface area (Å²) in [5, 5.41) is 0. The van der Waals surface area contributed by atoms with Gasteiger partial charge in [0.2, 0.25) is 0 Å². The molecule has 1 rings (SSSR count). The molecule has 0 aliphatic carbocycles. The van der Waals surface area contributed by atoms with Gasteiger partial charge in [-0.2, -0.15) is 0 Å². The van der Waals surface area contributed by atoms with Crippen LogP contribution in [0.25, 0.3) is 0 Å². The third-order valence-corrected chi connectivity index (χ3v) is 1.28. The summed E-state index contributed by atoms with van der Waals surface area (Å²) in [7, 11) is 1.43. The predicted molar refractivity (Wildman–Crippen MR) is 52.9 cm³/mol. The molecule has 1 heterocycles. The van der Waals surface area contributed by atoms with Gasteiger partial charge in [0.25, 0.3) is 0 Å². The third-order valence-electron chi connectivity index (χ3n) is 1.28. The molecule has 0 atom stereocenters. The molecule has 0 unspecified atom stereocenters. The highest BCUT2D eigenvalue weighted by molar-refractivity contribution is 5.09. The van der Waals surface area contributed by atoms with Gasteiger partial charge >= 0.3 is 18.0 Å². The van der Waals surface area contributed by atoms with E-state index in [0.717, 1.165) is 0 Å². The summed E-state index contributed by atoms with van der Waals surface area (Å²) < 4.78 is 14.8. The average Bonchev–Trinajstić information content (AvgIpc) is 2.26. The number of ether oxygens (including phenoxy) is 3. The Morgan fingerprint density at radius 3 is 2.40 bits per heavy atom. The molecule has 0 fully saturated rings. The molecule has 0 amide bonds. The minimum absolute atomic E-state index is 0.0657. The second kappa shape index (κ2) is 5.58. The van der Waals surface area contributed by atoms with Gasteiger partial charge in [-0.15, -0.1) is 15.0 Å². The maximum absolute atomic E-state index is 5.11. The molecule has 6 nitrogen and oxygen atoms in total. The molecule has 15 heavy (non-hydrogen) atoms. The van der Waals surface area contributed by atoms with Gasteiger partial charge in [0.15, 0.2) is 0 Å². The van der Waals surface area contributed by atoms with E-state index in [1.807, 2.05) is 0 Å². The van der Waals surface area contributed by atoms with Crippen LogP contribution in [0.5, 0.6) is 18.0 Å². The fourth-order valence-corrected chi connectivity index (χ4v) is 0.737. The number of rotatable bonds is 6. The van der Waals surface area contributed by atoms with Crippen LogP contribution in [0.1, 0.15) is 0 Å². The Hall–Kier alpha value is -2.11. The van der Waals surface area contributed by atoms with Gasteiger partial charge in [-0.1, -0.05) is 19.2 Å². The molecule has 0 radical (unpaired) electrons. The molecule has 0 N–H and O–H groups in total. The Bertz CT molecular complexity index is 354. The molecular weight excluding hydrogens is 198 g/mol. The van der Waals surface area contributed by atoms with Crippen LogP contribution in [0.3, 0.4) is 0 Å². The first kappa shape index (κ1) is 11.0. The van der Waals surface area contributed by atoms with Gasteiger partial charge < -0.3 is 14.2 Å². The first-order valence-corrected chi connectivity index (χ1v) is 4.11. The van der Waals surface area contributed by atoms with Crippen molar-refractivity contribution in [2.45, 2.75) is 0 Å². The average molecular weight is 209 g/mol. The molecule has 6 heteroatoms. The lowest BCUT2D eigenvalue weighted by Gasteiger charge is -2.04. The van der Waals surface area contributed by atoms with Crippen molar-refractivity contribution in [3.8, 4) is 18.0 Å². The fraction of sp³-hybridized carbons (Fsp3) is 0.222. The highest BCUT2D eigenvalue weighted by Gasteiger charge is 2.07. The largest absolute Gasteiger partial charge is 0.467 e. The number of hydrogen-bond acceptors (Lipinski definition) is 6. The summed E-state index contributed by atoms with van der Waals surface area (Å²) in [4.78, 5) is 11.5. The Morgan fingerprint density at radius 2 is 1.80 bits per heavy atom. The SMILES string of the molecule is C=CCOc1nc(OC)nc(OC=C)n1. The minimum atomic E-state index is 0.0657. The molecule has 1 aromatic heterocycles. The van der Waals surface area contributed by atoms with Crippen LogP contribution in [0.4, 0.5) is 0 Å². The first-order valence-electron chi connectivity index (χ1n) is 4.11. The molecule has 0 bridgehead atoms. The molecule has 0 saturated heterocycles. The second-order valence-corrected chi connectivity index (χ2v) is 2.27. The zero-order chi connectivity index (χ0) is 11.1. The summed E-state index contributed by atoms with van der Waals surface area (Å²) in [6.07, 6.45) is 2.77. The third kappa shape index (κ3) is 3.26. The molecule has 0 aliphatic rings. The van der Waals surface area contributed by atoms with E-state index in [-0.39, 0.29) is 18.0 Å². The van der Waals surface area contributed by atoms with Crippen LogP contribution in [0, 0.1) is 0 Å². The Morgan fingerprint density at radius 1 is 1.13 bits per heavy atom. The van der Waals surface area contributed by atoms with E-state index in [4.69, 9.17) is 14.2 Å². The number of aromatic nitrogens is 3. The quantitative estimate of drug-likeness (QED) is 0.513. The smallest absolute Gasteiger partial charge is 0.330 e. The lowest BCUT2D eigenvalue weighted by atomic mass is 10.7. The molecule has 0 spiro atoms. The monoisotopic (exact) mass is 209 g/mol. The van der Waals surface area contributed by atoms with E-state index in [1.54, 1.807) is 6.08 Å². The molecular formula is C9H11N3O3. The molecule has 0 saturated carbocycles. The van der Waals surface area contributed by atoms with E-state index in [1.165, 1.54) is 13.4 Å². The number of nitrogens with zero attached hydrogens (tertiary/aromatic N) is 3. The van der Waals surface area contributed by atoms with Crippen molar-refractivity contribution >= 4 is 0 Å². The standard InChI is InChI=1S/C9H11N3O3/c1-4-6-15-9-11-7(13-3)10-8(12-9)14-5-2/h4-5H,1-2,6H2,3H3. The molecule has 0 aromatic carbocycles. The van der Waals surface area contributed by atoms with E-state index in [2.05, 4.69) is 28.1 Å². The van der Waals surface area contributed by atoms with E-state index in [0.29, 0.717) is 6.61 Å². The minimum Gasteiger partial charge on any atom is -0.467 e.